The molecule has 2 aromatic rings. The van der Waals surface area contributed by atoms with Gasteiger partial charge in [0.1, 0.15) is 0 Å². The molecule has 0 saturated carbocycles. The van der Waals surface area contributed by atoms with Crippen LogP contribution >= 0.6 is 23.4 Å². The molecule has 0 bridgehead atoms. The molecular formula is C16H16ClNS. The van der Waals surface area contributed by atoms with Gasteiger partial charge in [-0.2, -0.15) is 0 Å². The maximum atomic E-state index is 6.15. The van der Waals surface area contributed by atoms with Crippen LogP contribution in [0.2, 0.25) is 5.02 Å². The highest BCUT2D eigenvalue weighted by molar-refractivity contribution is 7.99. The zero-order valence-corrected chi connectivity index (χ0v) is 12.6. The third kappa shape index (κ3) is 2.53. The van der Waals surface area contributed by atoms with Crippen molar-refractivity contribution in [1.82, 2.24) is 4.90 Å². The van der Waals surface area contributed by atoms with E-state index in [-0.39, 0.29) is 0 Å². The summed E-state index contributed by atoms with van der Waals surface area (Å²) >= 11 is 7.99. The van der Waals surface area contributed by atoms with Crippen molar-refractivity contribution < 1.29 is 0 Å². The summed E-state index contributed by atoms with van der Waals surface area (Å²) in [6, 6.07) is 15.3. The molecule has 0 aromatic heterocycles. The van der Waals surface area contributed by atoms with Gasteiger partial charge in [0.05, 0.1) is 0 Å². The highest BCUT2D eigenvalue weighted by Crippen LogP contribution is 2.42. The predicted molar refractivity (Wildman–Crippen MR) is 82.1 cm³/mol. The minimum Gasteiger partial charge on any atom is -0.302 e. The van der Waals surface area contributed by atoms with Crippen molar-refractivity contribution in [3.05, 3.63) is 58.6 Å². The molecule has 1 nitrogen and oxygen atoms in total. The maximum Gasteiger partial charge on any atom is 0.0409 e. The lowest BCUT2D eigenvalue weighted by Gasteiger charge is -2.24. The normalized spacial score (nSPS) is 17.8. The molecule has 1 heterocycles. The molecule has 0 radical (unpaired) electrons. The van der Waals surface area contributed by atoms with Gasteiger partial charge in [0.15, 0.2) is 0 Å². The minimum absolute atomic E-state index is 0.406. The first-order chi connectivity index (χ1) is 9.15. The fourth-order valence-corrected chi connectivity index (χ4v) is 3.86. The first kappa shape index (κ1) is 13.0. The Morgan fingerprint density at radius 3 is 2.68 bits per heavy atom. The quantitative estimate of drug-likeness (QED) is 0.752. The summed E-state index contributed by atoms with van der Waals surface area (Å²) in [7, 11) is 4.28. The van der Waals surface area contributed by atoms with E-state index < -0.39 is 0 Å². The van der Waals surface area contributed by atoms with Crippen LogP contribution in [0, 0.1) is 0 Å². The van der Waals surface area contributed by atoms with E-state index in [1.807, 2.05) is 17.8 Å². The number of halogens is 1. The number of likely N-dealkylation sites (N-methyl/N-ethyl adjacent to an activating group) is 1. The van der Waals surface area contributed by atoms with Crippen LogP contribution in [-0.2, 0) is 6.42 Å². The van der Waals surface area contributed by atoms with Crippen molar-refractivity contribution in [3.63, 3.8) is 0 Å². The van der Waals surface area contributed by atoms with Crippen LogP contribution in [0.5, 0.6) is 0 Å². The third-order valence-electron chi connectivity index (χ3n) is 3.56. The molecule has 98 valence electrons. The van der Waals surface area contributed by atoms with E-state index in [0.717, 1.165) is 11.4 Å². The average molecular weight is 290 g/mol. The maximum absolute atomic E-state index is 6.15. The van der Waals surface area contributed by atoms with Crippen LogP contribution in [0.4, 0.5) is 0 Å². The fraction of sp³-hybridized carbons (Fsp3) is 0.250. The van der Waals surface area contributed by atoms with Gasteiger partial charge in [0, 0.05) is 20.9 Å². The zero-order chi connectivity index (χ0) is 13.4. The van der Waals surface area contributed by atoms with Gasteiger partial charge in [-0.05, 0) is 55.9 Å². The standard InChI is InChI=1S/C16H16ClNS/c1-18(2)14-10-11-9-12(17)7-8-15(11)19-16-6-4-3-5-13(14)16/h3-9,14H,10H2,1-2H3/t14-/m0/s1. The van der Waals surface area contributed by atoms with Crippen LogP contribution in [0.15, 0.2) is 52.3 Å². The van der Waals surface area contributed by atoms with Crippen LogP contribution in [0.3, 0.4) is 0 Å². The van der Waals surface area contributed by atoms with E-state index in [1.165, 1.54) is 20.9 Å². The largest absolute Gasteiger partial charge is 0.302 e. The minimum atomic E-state index is 0.406. The summed E-state index contributed by atoms with van der Waals surface area (Å²) in [5, 5.41) is 0.822. The number of fused-ring (bicyclic) bond motifs is 2. The van der Waals surface area contributed by atoms with Crippen molar-refractivity contribution >= 4 is 23.4 Å². The SMILES string of the molecule is CN(C)[C@H]1Cc2cc(Cl)ccc2Sc2ccccc21. The number of hydrogen-bond acceptors (Lipinski definition) is 2. The van der Waals surface area contributed by atoms with Crippen molar-refractivity contribution in [2.45, 2.75) is 22.3 Å². The van der Waals surface area contributed by atoms with Crippen LogP contribution in [-0.4, -0.2) is 19.0 Å². The highest BCUT2D eigenvalue weighted by atomic mass is 35.5. The van der Waals surface area contributed by atoms with Gasteiger partial charge < -0.3 is 4.90 Å². The molecule has 1 aliphatic heterocycles. The Kier molecular flexibility index (Phi) is 3.57. The number of benzene rings is 2. The second-order valence-electron chi connectivity index (χ2n) is 5.08. The summed E-state index contributed by atoms with van der Waals surface area (Å²) in [6.07, 6.45) is 1.01. The molecule has 1 aliphatic rings. The summed E-state index contributed by atoms with van der Waals surface area (Å²) in [6.45, 7) is 0. The third-order valence-corrected chi connectivity index (χ3v) is 5.00. The van der Waals surface area contributed by atoms with Crippen LogP contribution in [0.1, 0.15) is 17.2 Å². The van der Waals surface area contributed by atoms with Gasteiger partial charge >= 0.3 is 0 Å². The van der Waals surface area contributed by atoms with Crippen molar-refractivity contribution in [1.29, 1.82) is 0 Å². The molecule has 0 N–H and O–H groups in total. The second kappa shape index (κ2) is 5.20. The monoisotopic (exact) mass is 289 g/mol. The Hall–Kier alpha value is -0.960. The summed E-state index contributed by atoms with van der Waals surface area (Å²) < 4.78 is 0. The summed E-state index contributed by atoms with van der Waals surface area (Å²) in [5.41, 5.74) is 2.75. The summed E-state index contributed by atoms with van der Waals surface area (Å²) in [4.78, 5) is 4.96. The second-order valence-corrected chi connectivity index (χ2v) is 6.60. The highest BCUT2D eigenvalue weighted by Gasteiger charge is 2.23. The van der Waals surface area contributed by atoms with Crippen molar-refractivity contribution in [2.24, 2.45) is 0 Å². The first-order valence-electron chi connectivity index (χ1n) is 6.37. The molecule has 0 saturated heterocycles. The Morgan fingerprint density at radius 1 is 1.11 bits per heavy atom. The first-order valence-corrected chi connectivity index (χ1v) is 7.56. The number of nitrogens with zero attached hydrogens (tertiary/aromatic N) is 1. The molecule has 0 fully saturated rings. The average Bonchev–Trinajstić information content (AvgIpc) is 2.55. The lowest BCUT2D eigenvalue weighted by atomic mass is 9.98. The predicted octanol–water partition coefficient (Wildman–Crippen LogP) is 4.65. The lowest BCUT2D eigenvalue weighted by molar-refractivity contribution is 0.294. The molecule has 0 aliphatic carbocycles. The molecule has 1 atom stereocenters. The molecular weight excluding hydrogens is 274 g/mol. The molecule has 0 unspecified atom stereocenters. The Morgan fingerprint density at radius 2 is 1.89 bits per heavy atom. The lowest BCUT2D eigenvalue weighted by Crippen LogP contribution is -2.22. The fourth-order valence-electron chi connectivity index (χ4n) is 2.55. The van der Waals surface area contributed by atoms with Crippen molar-refractivity contribution in [2.75, 3.05) is 14.1 Å². The Balaban J connectivity index is 2.14. The van der Waals surface area contributed by atoms with Crippen LogP contribution in [0.25, 0.3) is 0 Å². The Labute approximate surface area is 123 Å². The molecule has 19 heavy (non-hydrogen) atoms. The van der Waals surface area contributed by atoms with E-state index in [9.17, 15) is 0 Å². The Bertz CT molecular complexity index is 609. The molecule has 3 rings (SSSR count). The van der Waals surface area contributed by atoms with E-state index in [0.29, 0.717) is 6.04 Å². The number of hydrogen-bond donors (Lipinski definition) is 0. The molecule has 3 heteroatoms. The van der Waals surface area contributed by atoms with Crippen LogP contribution < -0.4 is 0 Å². The van der Waals surface area contributed by atoms with Crippen molar-refractivity contribution in [3.8, 4) is 0 Å². The molecule has 0 amide bonds. The molecule has 0 spiro atoms. The number of rotatable bonds is 1. The van der Waals surface area contributed by atoms with E-state index in [4.69, 9.17) is 11.6 Å². The van der Waals surface area contributed by atoms with E-state index >= 15 is 0 Å². The van der Waals surface area contributed by atoms with E-state index in [1.54, 1.807) is 0 Å². The van der Waals surface area contributed by atoms with Gasteiger partial charge in [-0.25, -0.2) is 0 Å². The topological polar surface area (TPSA) is 3.24 Å². The smallest absolute Gasteiger partial charge is 0.0409 e. The van der Waals surface area contributed by atoms with Gasteiger partial charge in [-0.1, -0.05) is 41.6 Å². The zero-order valence-electron chi connectivity index (χ0n) is 11.1. The van der Waals surface area contributed by atoms with E-state index in [2.05, 4.69) is 55.4 Å². The van der Waals surface area contributed by atoms with Gasteiger partial charge in [-0.3, -0.25) is 0 Å². The van der Waals surface area contributed by atoms with Gasteiger partial charge in [0.25, 0.3) is 0 Å². The van der Waals surface area contributed by atoms with Gasteiger partial charge in [-0.15, -0.1) is 0 Å². The van der Waals surface area contributed by atoms with Gasteiger partial charge in [0.2, 0.25) is 0 Å². The molecule has 2 aromatic carbocycles. The summed E-state index contributed by atoms with van der Waals surface area (Å²) in [5.74, 6) is 0.